The molecule has 1 aromatic carbocycles. The summed E-state index contributed by atoms with van der Waals surface area (Å²) in [5.74, 6) is 0. The van der Waals surface area contributed by atoms with Gasteiger partial charge in [-0.1, -0.05) is 24.3 Å². The Morgan fingerprint density at radius 3 is 2.67 bits per heavy atom. The summed E-state index contributed by atoms with van der Waals surface area (Å²) in [6, 6.07) is 12.7. The van der Waals surface area contributed by atoms with Crippen LogP contribution in [-0.2, 0) is 6.42 Å². The summed E-state index contributed by atoms with van der Waals surface area (Å²) in [5, 5.41) is 0. The van der Waals surface area contributed by atoms with E-state index in [9.17, 15) is 0 Å². The van der Waals surface area contributed by atoms with E-state index in [0.29, 0.717) is 6.54 Å². The molecule has 0 saturated carbocycles. The van der Waals surface area contributed by atoms with Gasteiger partial charge >= 0.3 is 0 Å². The lowest BCUT2D eigenvalue weighted by atomic mass is 10.0. The number of fused-ring (bicyclic) bond motifs is 1. The van der Waals surface area contributed by atoms with E-state index in [1.54, 1.807) is 0 Å². The summed E-state index contributed by atoms with van der Waals surface area (Å²) >= 11 is 0. The Labute approximate surface area is 106 Å². The highest BCUT2D eigenvalue weighted by Crippen LogP contribution is 2.23. The van der Waals surface area contributed by atoms with Crippen molar-refractivity contribution in [2.45, 2.75) is 6.42 Å². The third-order valence-electron chi connectivity index (χ3n) is 3.12. The average molecular weight is 237 g/mol. The van der Waals surface area contributed by atoms with E-state index < -0.39 is 0 Å². The van der Waals surface area contributed by atoms with Gasteiger partial charge in [-0.2, -0.15) is 0 Å². The minimum atomic E-state index is 0.690. The molecular formula is C15H15N3. The number of imidazole rings is 1. The van der Waals surface area contributed by atoms with Gasteiger partial charge in [0.05, 0.1) is 0 Å². The molecule has 2 heterocycles. The molecule has 0 atom stereocenters. The molecular weight excluding hydrogens is 222 g/mol. The zero-order valence-corrected chi connectivity index (χ0v) is 10.1. The van der Waals surface area contributed by atoms with Crippen LogP contribution in [0.2, 0.25) is 0 Å². The molecule has 18 heavy (non-hydrogen) atoms. The molecule has 90 valence electrons. The van der Waals surface area contributed by atoms with Crippen molar-refractivity contribution < 1.29 is 0 Å². The van der Waals surface area contributed by atoms with E-state index >= 15 is 0 Å². The first-order valence-corrected chi connectivity index (χ1v) is 6.09. The highest BCUT2D eigenvalue weighted by atomic mass is 15.0. The molecule has 0 aliphatic rings. The van der Waals surface area contributed by atoms with Crippen LogP contribution in [0.1, 0.15) is 5.56 Å². The number of nitrogens with two attached hydrogens (primary N) is 1. The van der Waals surface area contributed by atoms with Gasteiger partial charge < -0.3 is 10.1 Å². The second-order valence-electron chi connectivity index (χ2n) is 4.32. The van der Waals surface area contributed by atoms with Crippen molar-refractivity contribution in [2.24, 2.45) is 5.73 Å². The molecule has 0 aliphatic heterocycles. The maximum absolute atomic E-state index is 5.56. The Hall–Kier alpha value is -2.13. The van der Waals surface area contributed by atoms with Crippen molar-refractivity contribution in [3.8, 4) is 11.1 Å². The molecule has 0 bridgehead atoms. The Kier molecular flexibility index (Phi) is 2.82. The van der Waals surface area contributed by atoms with Crippen molar-refractivity contribution in [2.75, 3.05) is 6.54 Å². The molecule has 3 aromatic rings. The molecule has 2 aromatic heterocycles. The molecule has 0 saturated heterocycles. The molecule has 3 rings (SSSR count). The van der Waals surface area contributed by atoms with Gasteiger partial charge in [0.25, 0.3) is 0 Å². The normalized spacial score (nSPS) is 10.9. The highest BCUT2D eigenvalue weighted by molar-refractivity contribution is 5.77. The molecule has 3 nitrogen and oxygen atoms in total. The Morgan fingerprint density at radius 2 is 1.89 bits per heavy atom. The zero-order valence-electron chi connectivity index (χ0n) is 10.1. The minimum Gasteiger partial charge on any atom is -0.330 e. The Bertz CT molecular complexity index is 653. The zero-order chi connectivity index (χ0) is 12.4. The van der Waals surface area contributed by atoms with Crippen LogP contribution in [-0.4, -0.2) is 15.9 Å². The highest BCUT2D eigenvalue weighted by Gasteiger charge is 2.04. The molecule has 0 spiro atoms. The van der Waals surface area contributed by atoms with Gasteiger partial charge in [0, 0.05) is 24.2 Å². The summed E-state index contributed by atoms with van der Waals surface area (Å²) in [6.07, 6.45) is 6.71. The van der Waals surface area contributed by atoms with Gasteiger partial charge in [0.2, 0.25) is 0 Å². The Morgan fingerprint density at radius 1 is 1.06 bits per heavy atom. The van der Waals surface area contributed by atoms with Gasteiger partial charge in [-0.05, 0) is 36.2 Å². The number of pyridine rings is 1. The number of aromatic nitrogens is 2. The first-order chi connectivity index (χ1) is 8.88. The summed E-state index contributed by atoms with van der Waals surface area (Å²) in [7, 11) is 0. The summed E-state index contributed by atoms with van der Waals surface area (Å²) in [6.45, 7) is 0.690. The SMILES string of the molecule is NCCc1ccc(-c2cccn3ccnc23)cc1. The lowest BCUT2D eigenvalue weighted by Crippen LogP contribution is -2.02. The minimum absolute atomic E-state index is 0.690. The van der Waals surface area contributed by atoms with E-state index in [0.717, 1.165) is 17.6 Å². The molecule has 0 unspecified atom stereocenters. The topological polar surface area (TPSA) is 43.3 Å². The van der Waals surface area contributed by atoms with Crippen LogP contribution in [0.3, 0.4) is 0 Å². The third kappa shape index (κ3) is 1.89. The summed E-state index contributed by atoms with van der Waals surface area (Å²) < 4.78 is 2.03. The van der Waals surface area contributed by atoms with Gasteiger partial charge in [0.1, 0.15) is 5.65 Å². The molecule has 0 radical (unpaired) electrons. The van der Waals surface area contributed by atoms with Gasteiger partial charge in [-0.3, -0.25) is 0 Å². The van der Waals surface area contributed by atoms with E-state index in [4.69, 9.17) is 5.73 Å². The first kappa shape index (κ1) is 11.0. The van der Waals surface area contributed by atoms with Gasteiger partial charge in [-0.25, -0.2) is 4.98 Å². The van der Waals surface area contributed by atoms with Crippen LogP contribution in [0.4, 0.5) is 0 Å². The number of nitrogens with zero attached hydrogens (tertiary/aromatic N) is 2. The van der Waals surface area contributed by atoms with Crippen molar-refractivity contribution in [3.63, 3.8) is 0 Å². The lowest BCUT2D eigenvalue weighted by molar-refractivity contribution is 0.969. The number of benzene rings is 1. The second-order valence-corrected chi connectivity index (χ2v) is 4.32. The van der Waals surface area contributed by atoms with E-state index in [2.05, 4.69) is 35.3 Å². The monoisotopic (exact) mass is 237 g/mol. The molecule has 0 aliphatic carbocycles. The maximum atomic E-state index is 5.56. The molecule has 0 fully saturated rings. The van der Waals surface area contributed by atoms with E-state index in [-0.39, 0.29) is 0 Å². The van der Waals surface area contributed by atoms with Crippen LogP contribution >= 0.6 is 0 Å². The van der Waals surface area contributed by atoms with Crippen molar-refractivity contribution in [3.05, 3.63) is 60.6 Å². The molecule has 3 heteroatoms. The van der Waals surface area contributed by atoms with Crippen LogP contribution in [0, 0.1) is 0 Å². The largest absolute Gasteiger partial charge is 0.330 e. The maximum Gasteiger partial charge on any atom is 0.144 e. The van der Waals surface area contributed by atoms with Crippen LogP contribution < -0.4 is 5.73 Å². The number of rotatable bonds is 3. The first-order valence-electron chi connectivity index (χ1n) is 6.09. The van der Waals surface area contributed by atoms with Crippen molar-refractivity contribution in [1.29, 1.82) is 0 Å². The summed E-state index contributed by atoms with van der Waals surface area (Å²) in [4.78, 5) is 4.40. The van der Waals surface area contributed by atoms with Gasteiger partial charge in [-0.15, -0.1) is 0 Å². The quantitative estimate of drug-likeness (QED) is 0.760. The van der Waals surface area contributed by atoms with Crippen LogP contribution in [0.25, 0.3) is 16.8 Å². The fourth-order valence-corrected chi connectivity index (χ4v) is 2.19. The molecule has 2 N–H and O–H groups in total. The van der Waals surface area contributed by atoms with E-state index in [1.165, 1.54) is 11.1 Å². The molecule has 0 amide bonds. The standard InChI is InChI=1S/C15H15N3/c16-8-7-12-3-5-13(6-4-12)14-2-1-10-18-11-9-17-15(14)18/h1-6,9-11H,7-8,16H2. The summed E-state index contributed by atoms with van der Waals surface area (Å²) in [5.41, 5.74) is 10.2. The van der Waals surface area contributed by atoms with E-state index in [1.807, 2.05) is 29.1 Å². The van der Waals surface area contributed by atoms with Crippen LogP contribution in [0.5, 0.6) is 0 Å². The fraction of sp³-hybridized carbons (Fsp3) is 0.133. The van der Waals surface area contributed by atoms with Crippen molar-refractivity contribution >= 4 is 5.65 Å². The number of hydrogen-bond donors (Lipinski definition) is 1. The van der Waals surface area contributed by atoms with Crippen molar-refractivity contribution in [1.82, 2.24) is 9.38 Å². The average Bonchev–Trinajstić information content (AvgIpc) is 2.88. The van der Waals surface area contributed by atoms with Gasteiger partial charge in [0.15, 0.2) is 0 Å². The predicted octanol–water partition coefficient (Wildman–Crippen LogP) is 2.50. The predicted molar refractivity (Wildman–Crippen MR) is 73.4 cm³/mol. The fourth-order valence-electron chi connectivity index (χ4n) is 2.19. The lowest BCUT2D eigenvalue weighted by Gasteiger charge is -2.05. The third-order valence-corrected chi connectivity index (χ3v) is 3.12. The van der Waals surface area contributed by atoms with Crippen LogP contribution in [0.15, 0.2) is 55.0 Å². The number of hydrogen-bond acceptors (Lipinski definition) is 2. The smallest absolute Gasteiger partial charge is 0.144 e. The second kappa shape index (κ2) is 4.63. The Balaban J connectivity index is 2.06.